The average molecular weight is 426 g/mol. The summed E-state index contributed by atoms with van der Waals surface area (Å²) in [5.74, 6) is 0.904. The molecule has 1 aromatic carbocycles. The van der Waals surface area contributed by atoms with Gasteiger partial charge in [-0.25, -0.2) is 0 Å². The molecule has 1 saturated carbocycles. The van der Waals surface area contributed by atoms with Crippen molar-refractivity contribution in [2.45, 2.75) is 64.3 Å². The van der Waals surface area contributed by atoms with Crippen LogP contribution in [0.1, 0.15) is 63.9 Å². The fourth-order valence-corrected chi connectivity index (χ4v) is 3.46. The van der Waals surface area contributed by atoms with Crippen molar-refractivity contribution >= 4 is 18.0 Å². The van der Waals surface area contributed by atoms with Crippen LogP contribution in [0.25, 0.3) is 6.08 Å². The maximum absolute atomic E-state index is 12.2. The van der Waals surface area contributed by atoms with Gasteiger partial charge in [0.25, 0.3) is 0 Å². The molecule has 0 bridgehead atoms. The Morgan fingerprint density at radius 2 is 1.87 bits per heavy atom. The number of methoxy groups -OCH3 is 1. The number of carbonyl (C=O) groups excluding carboxylic acids is 2. The molecule has 0 radical (unpaired) electrons. The number of hydrogen-bond acceptors (Lipinski definition) is 5. The Balaban J connectivity index is 0.00000450. The van der Waals surface area contributed by atoms with E-state index in [9.17, 15) is 14.7 Å². The third-order valence-corrected chi connectivity index (χ3v) is 5.26. The zero-order chi connectivity index (χ0) is 21.1. The van der Waals surface area contributed by atoms with Crippen LogP contribution in [0.5, 0.6) is 11.5 Å². The molecule has 2 rings (SSSR count). The molecule has 1 amide bonds. The van der Waals surface area contributed by atoms with Crippen molar-refractivity contribution in [2.75, 3.05) is 13.7 Å². The van der Waals surface area contributed by atoms with Crippen LogP contribution in [0.2, 0.25) is 0 Å². The van der Waals surface area contributed by atoms with Gasteiger partial charge in [0.05, 0.1) is 13.7 Å². The van der Waals surface area contributed by atoms with Crippen molar-refractivity contribution in [1.29, 1.82) is 0 Å². The summed E-state index contributed by atoms with van der Waals surface area (Å²) >= 11 is 0. The number of carboxylic acids is 1. The molecule has 0 aromatic heterocycles. The second-order valence-electron chi connectivity index (χ2n) is 7.74. The second-order valence-corrected chi connectivity index (χ2v) is 7.74. The topological polar surface area (TPSA) is 87.7 Å². The van der Waals surface area contributed by atoms with Crippen molar-refractivity contribution in [3.05, 3.63) is 29.8 Å². The zero-order valence-electron chi connectivity index (χ0n) is 18.4. The first-order valence-corrected chi connectivity index (χ1v) is 10.5. The molecule has 0 aliphatic heterocycles. The van der Waals surface area contributed by atoms with E-state index in [-0.39, 0.29) is 47.9 Å². The third-order valence-electron chi connectivity index (χ3n) is 5.26. The number of nitrogens with one attached hydrogen (secondary N) is 1. The summed E-state index contributed by atoms with van der Waals surface area (Å²) in [6.45, 7) is 2.75. The molecular formula is C23H32NNaO5. The van der Waals surface area contributed by atoms with E-state index in [1.807, 2.05) is 18.2 Å². The van der Waals surface area contributed by atoms with E-state index in [0.717, 1.165) is 37.2 Å². The number of unbranched alkanes of at least 4 members (excludes halogenated alkanes) is 2. The quantitative estimate of drug-likeness (QED) is 0.309. The van der Waals surface area contributed by atoms with E-state index in [2.05, 4.69) is 12.2 Å². The maximum Gasteiger partial charge on any atom is 1.00 e. The van der Waals surface area contributed by atoms with Crippen LogP contribution in [0.4, 0.5) is 0 Å². The molecule has 6 nitrogen and oxygen atoms in total. The molecule has 7 heteroatoms. The van der Waals surface area contributed by atoms with E-state index >= 15 is 0 Å². The molecule has 1 N–H and O–H groups in total. The molecule has 30 heavy (non-hydrogen) atoms. The summed E-state index contributed by atoms with van der Waals surface area (Å²) < 4.78 is 11.1. The minimum Gasteiger partial charge on any atom is -0.550 e. The Bertz CT molecular complexity index is 699. The molecular weight excluding hydrogens is 393 g/mol. The van der Waals surface area contributed by atoms with Crippen LogP contribution >= 0.6 is 0 Å². The summed E-state index contributed by atoms with van der Waals surface area (Å²) in [6, 6.07) is 5.80. The Kier molecular flexibility index (Phi) is 12.8. The van der Waals surface area contributed by atoms with Crippen LogP contribution in [-0.4, -0.2) is 31.6 Å². The summed E-state index contributed by atoms with van der Waals surface area (Å²) in [4.78, 5) is 22.5. The van der Waals surface area contributed by atoms with Crippen LogP contribution in [-0.2, 0) is 9.59 Å². The van der Waals surface area contributed by atoms with Crippen LogP contribution in [0, 0.1) is 5.92 Å². The van der Waals surface area contributed by atoms with Gasteiger partial charge < -0.3 is 24.7 Å². The smallest absolute Gasteiger partial charge is 0.550 e. The van der Waals surface area contributed by atoms with E-state index in [0.29, 0.717) is 24.5 Å². The molecule has 1 fully saturated rings. The Morgan fingerprint density at radius 3 is 2.53 bits per heavy atom. The first-order valence-electron chi connectivity index (χ1n) is 10.5. The number of benzene rings is 1. The predicted molar refractivity (Wildman–Crippen MR) is 111 cm³/mol. The van der Waals surface area contributed by atoms with Gasteiger partial charge in [-0.3, -0.25) is 4.79 Å². The first-order chi connectivity index (χ1) is 14.0. The third kappa shape index (κ3) is 10.0. The molecule has 0 heterocycles. The number of hydrogen-bond donors (Lipinski definition) is 1. The summed E-state index contributed by atoms with van der Waals surface area (Å²) in [5.41, 5.74) is 0.857. The Hall–Kier alpha value is -1.50. The molecule has 1 aromatic rings. The average Bonchev–Trinajstić information content (AvgIpc) is 2.71. The second kappa shape index (κ2) is 14.5. The largest absolute Gasteiger partial charge is 1.00 e. The summed E-state index contributed by atoms with van der Waals surface area (Å²) in [7, 11) is 1.58. The molecule has 0 atom stereocenters. The molecule has 0 saturated heterocycles. The van der Waals surface area contributed by atoms with E-state index in [4.69, 9.17) is 9.47 Å². The minimum atomic E-state index is -1.02. The molecule has 0 unspecified atom stereocenters. The van der Waals surface area contributed by atoms with Crippen LogP contribution in [0.15, 0.2) is 24.3 Å². The SMILES string of the molecule is COc1cc(C=CC(=O)NC2CCC(C)CC2)ccc1OCCCCCC(=O)[O-].[Na+]. The molecule has 0 spiro atoms. The van der Waals surface area contributed by atoms with Crippen molar-refractivity contribution < 1.29 is 53.7 Å². The number of carboxylic acid groups (broad SMARTS) is 1. The van der Waals surface area contributed by atoms with Crippen molar-refractivity contribution in [1.82, 2.24) is 5.32 Å². The van der Waals surface area contributed by atoms with Gasteiger partial charge in [-0.2, -0.15) is 0 Å². The number of amides is 1. The van der Waals surface area contributed by atoms with Crippen molar-refractivity contribution in [2.24, 2.45) is 5.92 Å². The van der Waals surface area contributed by atoms with Crippen LogP contribution in [0.3, 0.4) is 0 Å². The van der Waals surface area contributed by atoms with Gasteiger partial charge in [0.1, 0.15) is 0 Å². The van der Waals surface area contributed by atoms with Gasteiger partial charge in [-0.1, -0.05) is 13.0 Å². The van der Waals surface area contributed by atoms with Gasteiger partial charge in [0.15, 0.2) is 11.5 Å². The standard InChI is InChI=1S/C23H33NO5.Na/c1-17-7-11-19(12-8-17)24-22(25)14-10-18-9-13-20(21(16-18)28-2)29-15-5-3-4-6-23(26)27;/h9-10,13-14,16-17,19H,3-8,11-12,15H2,1-2H3,(H,24,25)(H,26,27);/q;+1/p-1. The molecule has 160 valence electrons. The van der Waals surface area contributed by atoms with Gasteiger partial charge in [0.2, 0.25) is 5.91 Å². The Morgan fingerprint density at radius 1 is 1.13 bits per heavy atom. The number of carbonyl (C=O) groups is 2. The Labute approximate surface area is 201 Å². The van der Waals surface area contributed by atoms with Gasteiger partial charge in [0, 0.05) is 18.1 Å². The van der Waals surface area contributed by atoms with Gasteiger partial charge >= 0.3 is 29.6 Å². The van der Waals surface area contributed by atoms with Gasteiger partial charge in [-0.15, -0.1) is 0 Å². The van der Waals surface area contributed by atoms with Crippen molar-refractivity contribution in [3.8, 4) is 11.5 Å². The normalized spacial score (nSPS) is 18.5. The molecule has 1 aliphatic rings. The fraction of sp³-hybridized carbons (Fsp3) is 0.565. The fourth-order valence-electron chi connectivity index (χ4n) is 3.46. The van der Waals surface area contributed by atoms with Crippen molar-refractivity contribution in [3.63, 3.8) is 0 Å². The number of aliphatic carboxylic acids is 1. The molecule has 1 aliphatic carbocycles. The van der Waals surface area contributed by atoms with E-state index in [1.54, 1.807) is 19.3 Å². The first kappa shape index (κ1) is 26.5. The van der Waals surface area contributed by atoms with Crippen LogP contribution < -0.4 is 49.5 Å². The maximum atomic E-state index is 12.2. The van der Waals surface area contributed by atoms with Gasteiger partial charge in [-0.05, 0) is 81.1 Å². The zero-order valence-corrected chi connectivity index (χ0v) is 20.4. The van der Waals surface area contributed by atoms with E-state index in [1.165, 1.54) is 12.8 Å². The number of rotatable bonds is 11. The summed E-state index contributed by atoms with van der Waals surface area (Å²) in [6.07, 6.45) is 9.98. The minimum absolute atomic E-state index is 0. The predicted octanol–water partition coefficient (Wildman–Crippen LogP) is 0.0964. The number of ether oxygens (including phenoxy) is 2. The monoisotopic (exact) mass is 425 g/mol. The van der Waals surface area contributed by atoms with E-state index < -0.39 is 5.97 Å². The summed E-state index contributed by atoms with van der Waals surface area (Å²) in [5, 5.41) is 13.5.